The number of nitrogen functional groups attached to an aromatic ring is 1. The highest BCUT2D eigenvalue weighted by atomic mass is 35.5. The molecule has 100 valence electrons. The van der Waals surface area contributed by atoms with Crippen molar-refractivity contribution in [3.8, 4) is 0 Å². The topological polar surface area (TPSA) is 63.8 Å². The molecule has 1 aromatic carbocycles. The van der Waals surface area contributed by atoms with Gasteiger partial charge in [0, 0.05) is 11.4 Å². The van der Waals surface area contributed by atoms with Crippen molar-refractivity contribution >= 4 is 17.4 Å². The summed E-state index contributed by atoms with van der Waals surface area (Å²) in [5.74, 6) is 4.42. The van der Waals surface area contributed by atoms with Gasteiger partial charge < -0.3 is 5.43 Å². The first-order chi connectivity index (χ1) is 9.01. The van der Waals surface area contributed by atoms with Gasteiger partial charge in [-0.3, -0.25) is 0 Å². The average Bonchev–Trinajstić information content (AvgIpc) is 2.37. The summed E-state index contributed by atoms with van der Waals surface area (Å²) in [6.45, 7) is 1.51. The van der Waals surface area contributed by atoms with E-state index in [2.05, 4.69) is 15.4 Å². The van der Waals surface area contributed by atoms with Gasteiger partial charge in [-0.25, -0.2) is 24.6 Å². The number of rotatable bonds is 3. The molecule has 3 N–H and O–H groups in total. The van der Waals surface area contributed by atoms with Gasteiger partial charge >= 0.3 is 0 Å². The quantitative estimate of drug-likeness (QED) is 0.672. The normalized spacial score (nSPS) is 10.6. The Balaban J connectivity index is 2.35. The maximum atomic E-state index is 13.5. The molecule has 0 saturated heterocycles. The molecule has 0 saturated carbocycles. The molecular weight excluding hydrogens is 274 g/mol. The number of hydrogen-bond donors (Lipinski definition) is 2. The summed E-state index contributed by atoms with van der Waals surface area (Å²) < 4.78 is 26.4. The van der Waals surface area contributed by atoms with E-state index in [1.165, 1.54) is 25.1 Å². The van der Waals surface area contributed by atoms with Crippen LogP contribution in [-0.2, 0) is 6.42 Å². The minimum absolute atomic E-state index is 0.0827. The summed E-state index contributed by atoms with van der Waals surface area (Å²) in [5, 5.41) is 0.271. The lowest BCUT2D eigenvalue weighted by molar-refractivity contribution is 0.601. The molecule has 1 heterocycles. The van der Waals surface area contributed by atoms with Crippen molar-refractivity contribution in [3.63, 3.8) is 0 Å². The maximum Gasteiger partial charge on any atom is 0.187 e. The van der Waals surface area contributed by atoms with Crippen molar-refractivity contribution in [2.24, 2.45) is 5.84 Å². The van der Waals surface area contributed by atoms with Crippen LogP contribution in [0.2, 0.25) is 5.02 Å². The van der Waals surface area contributed by atoms with E-state index in [4.69, 9.17) is 17.4 Å². The van der Waals surface area contributed by atoms with Crippen LogP contribution in [0, 0.1) is 18.6 Å². The average molecular weight is 285 g/mol. The summed E-state index contributed by atoms with van der Waals surface area (Å²) in [5.41, 5.74) is 2.99. The van der Waals surface area contributed by atoms with Crippen LogP contribution in [0.5, 0.6) is 0 Å². The van der Waals surface area contributed by atoms with E-state index < -0.39 is 11.6 Å². The van der Waals surface area contributed by atoms with E-state index in [0.29, 0.717) is 11.4 Å². The zero-order valence-corrected chi connectivity index (χ0v) is 10.8. The zero-order valence-electron chi connectivity index (χ0n) is 10.0. The van der Waals surface area contributed by atoms with Crippen molar-refractivity contribution < 1.29 is 8.78 Å². The molecule has 0 aliphatic carbocycles. The van der Waals surface area contributed by atoms with Crippen molar-refractivity contribution in [1.82, 2.24) is 9.97 Å². The van der Waals surface area contributed by atoms with Gasteiger partial charge in [0.05, 0.1) is 5.69 Å². The van der Waals surface area contributed by atoms with Gasteiger partial charge in [0.1, 0.15) is 11.6 Å². The fourth-order valence-electron chi connectivity index (χ4n) is 1.63. The Morgan fingerprint density at radius 1 is 1.32 bits per heavy atom. The fraction of sp³-hybridized carbons (Fsp3) is 0.167. The smallest absolute Gasteiger partial charge is 0.187 e. The lowest BCUT2D eigenvalue weighted by Gasteiger charge is -2.08. The molecule has 7 heteroatoms. The third-order valence-corrected chi connectivity index (χ3v) is 2.92. The number of benzene rings is 1. The number of nitrogens with one attached hydrogen (secondary N) is 1. The van der Waals surface area contributed by atoms with Crippen molar-refractivity contribution in [3.05, 3.63) is 51.9 Å². The highest BCUT2D eigenvalue weighted by Crippen LogP contribution is 2.21. The number of halogens is 3. The Morgan fingerprint density at radius 2 is 2.05 bits per heavy atom. The molecule has 0 atom stereocenters. The first-order valence-corrected chi connectivity index (χ1v) is 5.82. The molecule has 2 rings (SSSR count). The van der Waals surface area contributed by atoms with Crippen molar-refractivity contribution in [2.45, 2.75) is 13.3 Å². The number of nitrogens with zero attached hydrogens (tertiary/aromatic N) is 2. The Morgan fingerprint density at radius 3 is 2.68 bits per heavy atom. The number of anilines is 1. The van der Waals surface area contributed by atoms with Crippen molar-refractivity contribution in [1.29, 1.82) is 0 Å². The van der Waals surface area contributed by atoms with Crippen LogP contribution < -0.4 is 11.3 Å². The molecule has 1 aromatic heterocycles. The molecule has 0 radical (unpaired) electrons. The summed E-state index contributed by atoms with van der Waals surface area (Å²) in [7, 11) is 0. The van der Waals surface area contributed by atoms with Gasteiger partial charge in [-0.1, -0.05) is 17.7 Å². The van der Waals surface area contributed by atoms with E-state index in [-0.39, 0.29) is 23.0 Å². The Hall–Kier alpha value is -1.79. The molecule has 0 aliphatic rings. The van der Waals surface area contributed by atoms with Crippen LogP contribution in [0.25, 0.3) is 0 Å². The van der Waals surface area contributed by atoms with Crippen LogP contribution in [0.15, 0.2) is 18.2 Å². The van der Waals surface area contributed by atoms with Crippen molar-refractivity contribution in [2.75, 3.05) is 5.43 Å². The summed E-state index contributed by atoms with van der Waals surface area (Å²) in [4.78, 5) is 7.94. The van der Waals surface area contributed by atoms with E-state index >= 15 is 0 Å². The minimum Gasteiger partial charge on any atom is -0.306 e. The minimum atomic E-state index is -0.601. The lowest BCUT2D eigenvalue weighted by Crippen LogP contribution is -2.14. The molecule has 0 bridgehead atoms. The van der Waals surface area contributed by atoms with Crippen LogP contribution in [-0.4, -0.2) is 9.97 Å². The third kappa shape index (κ3) is 2.97. The number of hydrazine groups is 1. The number of aromatic nitrogens is 2. The molecule has 0 unspecified atom stereocenters. The van der Waals surface area contributed by atoms with Gasteiger partial charge in [0.2, 0.25) is 0 Å². The lowest BCUT2D eigenvalue weighted by atomic mass is 10.1. The number of hydrogen-bond acceptors (Lipinski definition) is 4. The first-order valence-electron chi connectivity index (χ1n) is 5.45. The second kappa shape index (κ2) is 5.46. The Bertz CT molecular complexity index is 619. The molecule has 0 amide bonds. The van der Waals surface area contributed by atoms with Crippen LogP contribution in [0.1, 0.15) is 17.1 Å². The van der Waals surface area contributed by atoms with E-state index in [0.717, 1.165) is 0 Å². The molecule has 0 aliphatic heterocycles. The molecule has 0 spiro atoms. The van der Waals surface area contributed by atoms with Crippen LogP contribution >= 0.6 is 11.6 Å². The highest BCUT2D eigenvalue weighted by molar-refractivity contribution is 6.31. The largest absolute Gasteiger partial charge is 0.306 e. The summed E-state index contributed by atoms with van der Waals surface area (Å²) in [6, 6.07) is 4.03. The van der Waals surface area contributed by atoms with E-state index in [9.17, 15) is 8.78 Å². The third-order valence-electron chi connectivity index (χ3n) is 2.56. The van der Waals surface area contributed by atoms with Gasteiger partial charge in [-0.05, 0) is 24.6 Å². The maximum absolute atomic E-state index is 13.5. The zero-order chi connectivity index (χ0) is 14.0. The predicted molar refractivity (Wildman–Crippen MR) is 68.8 cm³/mol. The van der Waals surface area contributed by atoms with E-state index in [1.54, 1.807) is 0 Å². The summed E-state index contributed by atoms with van der Waals surface area (Å²) in [6.07, 6.45) is 0.259. The second-order valence-electron chi connectivity index (χ2n) is 3.94. The fourth-order valence-corrected chi connectivity index (χ4v) is 1.86. The Labute approximate surface area is 113 Å². The molecule has 0 fully saturated rings. The Kier molecular flexibility index (Phi) is 3.92. The SMILES string of the molecule is Cc1nc(Cc2ccc(F)cc2Cl)nc(NN)c1F. The molecule has 19 heavy (non-hydrogen) atoms. The van der Waals surface area contributed by atoms with Gasteiger partial charge in [-0.15, -0.1) is 0 Å². The number of nitrogens with two attached hydrogens (primary N) is 1. The molecular formula is C12H11ClF2N4. The highest BCUT2D eigenvalue weighted by Gasteiger charge is 2.12. The monoisotopic (exact) mass is 284 g/mol. The van der Waals surface area contributed by atoms with Crippen LogP contribution in [0.3, 0.4) is 0 Å². The summed E-state index contributed by atoms with van der Waals surface area (Å²) >= 11 is 5.91. The van der Waals surface area contributed by atoms with Crippen LogP contribution in [0.4, 0.5) is 14.6 Å². The van der Waals surface area contributed by atoms with Gasteiger partial charge in [-0.2, -0.15) is 0 Å². The second-order valence-corrected chi connectivity index (χ2v) is 4.35. The molecule has 2 aromatic rings. The molecule has 4 nitrogen and oxygen atoms in total. The predicted octanol–water partition coefficient (Wildman–Crippen LogP) is 2.59. The van der Waals surface area contributed by atoms with Gasteiger partial charge in [0.15, 0.2) is 11.6 Å². The number of aryl methyl sites for hydroxylation is 1. The van der Waals surface area contributed by atoms with E-state index in [1.807, 2.05) is 0 Å². The first kappa shape index (κ1) is 13.6. The van der Waals surface area contributed by atoms with Gasteiger partial charge in [0.25, 0.3) is 0 Å². The standard InChI is InChI=1S/C12H11ClF2N4/c1-6-11(15)12(19-16)18-10(17-6)4-7-2-3-8(14)5-9(7)13/h2-3,5H,4,16H2,1H3,(H,17,18,19).